The summed E-state index contributed by atoms with van der Waals surface area (Å²) >= 11 is 1.60. The number of nitrogens with zero attached hydrogens (tertiary/aromatic N) is 5. The van der Waals surface area contributed by atoms with E-state index in [1.165, 1.54) is 12.8 Å². The second kappa shape index (κ2) is 6.12. The van der Waals surface area contributed by atoms with Gasteiger partial charge in [-0.25, -0.2) is 19.6 Å². The van der Waals surface area contributed by atoms with Crippen LogP contribution in [0.3, 0.4) is 0 Å². The first-order valence-corrected chi connectivity index (χ1v) is 8.65. The summed E-state index contributed by atoms with van der Waals surface area (Å²) in [5, 5.41) is 5.63. The number of rotatable bonds is 5. The van der Waals surface area contributed by atoms with Gasteiger partial charge in [-0.2, -0.15) is 0 Å². The minimum Gasteiger partial charge on any atom is -0.240 e. The van der Waals surface area contributed by atoms with E-state index >= 15 is 0 Å². The van der Waals surface area contributed by atoms with Gasteiger partial charge in [-0.15, -0.1) is 5.10 Å². The highest BCUT2D eigenvalue weighted by Gasteiger charge is 2.30. The van der Waals surface area contributed by atoms with Crippen LogP contribution in [0, 0.1) is 0 Å². The minimum atomic E-state index is 0.120. The Kier molecular flexibility index (Phi) is 3.83. The predicted molar refractivity (Wildman–Crippen MR) is 89.6 cm³/mol. The van der Waals surface area contributed by atoms with Gasteiger partial charge in [-0.3, -0.25) is 0 Å². The molecule has 0 saturated heterocycles. The maximum Gasteiger partial charge on any atom is 0.209 e. The van der Waals surface area contributed by atoms with Gasteiger partial charge in [0.2, 0.25) is 5.16 Å². The van der Waals surface area contributed by atoms with Crippen molar-refractivity contribution >= 4 is 11.8 Å². The lowest BCUT2D eigenvalue weighted by Crippen LogP contribution is -2.01. The Morgan fingerprint density at radius 2 is 1.83 bits per heavy atom. The summed E-state index contributed by atoms with van der Waals surface area (Å²) in [6.07, 6.45) is 5.94. The van der Waals surface area contributed by atoms with Crippen LogP contribution in [0.2, 0.25) is 0 Å². The first-order chi connectivity index (χ1) is 11.3. The molecule has 3 aromatic rings. The van der Waals surface area contributed by atoms with Crippen LogP contribution in [0.4, 0.5) is 0 Å². The van der Waals surface area contributed by atoms with Gasteiger partial charge < -0.3 is 0 Å². The third-order valence-electron chi connectivity index (χ3n) is 3.79. The fourth-order valence-electron chi connectivity index (χ4n) is 2.45. The van der Waals surface area contributed by atoms with Crippen LogP contribution < -0.4 is 0 Å². The summed E-state index contributed by atoms with van der Waals surface area (Å²) in [5.41, 5.74) is 1.07. The lowest BCUT2D eigenvalue weighted by atomic mass is 10.3. The third-order valence-corrected chi connectivity index (χ3v) is 4.74. The minimum absolute atomic E-state index is 0.120. The lowest BCUT2D eigenvalue weighted by molar-refractivity contribution is 0.781. The summed E-state index contributed by atoms with van der Waals surface area (Å²) in [7, 11) is 0. The summed E-state index contributed by atoms with van der Waals surface area (Å²) in [5.74, 6) is 2.42. The fourth-order valence-corrected chi connectivity index (χ4v) is 3.27. The topological polar surface area (TPSA) is 56.5 Å². The molecular weight excluding hydrogens is 306 g/mol. The Labute approximate surface area is 139 Å². The van der Waals surface area contributed by atoms with Crippen molar-refractivity contribution in [3.05, 3.63) is 60.4 Å². The molecule has 6 heteroatoms. The Balaban J connectivity index is 1.63. The molecule has 0 aliphatic heterocycles. The van der Waals surface area contributed by atoms with Crippen molar-refractivity contribution in [1.82, 2.24) is 24.7 Å². The highest BCUT2D eigenvalue weighted by atomic mass is 32.2. The van der Waals surface area contributed by atoms with E-state index in [0.717, 1.165) is 22.5 Å². The van der Waals surface area contributed by atoms with E-state index in [-0.39, 0.29) is 5.25 Å². The van der Waals surface area contributed by atoms with Crippen LogP contribution >= 0.6 is 11.8 Å². The van der Waals surface area contributed by atoms with E-state index in [2.05, 4.69) is 29.0 Å². The molecule has 0 N–H and O–H groups in total. The number of para-hydroxylation sites is 1. The van der Waals surface area contributed by atoms with E-state index < -0.39 is 0 Å². The molecule has 116 valence electrons. The highest BCUT2D eigenvalue weighted by molar-refractivity contribution is 7.99. The molecule has 1 aliphatic rings. The number of aromatic nitrogens is 5. The molecule has 0 spiro atoms. The Hall–Kier alpha value is -2.21. The molecule has 0 bridgehead atoms. The van der Waals surface area contributed by atoms with Gasteiger partial charge in [0, 0.05) is 18.3 Å². The van der Waals surface area contributed by atoms with E-state index in [0.29, 0.717) is 5.92 Å². The molecule has 1 unspecified atom stereocenters. The molecule has 2 aromatic heterocycles. The first-order valence-electron chi connectivity index (χ1n) is 7.77. The van der Waals surface area contributed by atoms with Crippen molar-refractivity contribution in [2.24, 2.45) is 0 Å². The van der Waals surface area contributed by atoms with Gasteiger partial charge in [0.15, 0.2) is 0 Å². The number of hydrogen-bond donors (Lipinski definition) is 0. The van der Waals surface area contributed by atoms with E-state index in [4.69, 9.17) is 10.1 Å². The summed E-state index contributed by atoms with van der Waals surface area (Å²) < 4.78 is 1.98. The molecule has 1 saturated carbocycles. The molecule has 2 heterocycles. The molecule has 1 atom stereocenters. The number of thioether (sulfide) groups is 1. The van der Waals surface area contributed by atoms with Crippen molar-refractivity contribution in [1.29, 1.82) is 0 Å². The van der Waals surface area contributed by atoms with Crippen molar-refractivity contribution in [3.8, 4) is 5.69 Å². The summed E-state index contributed by atoms with van der Waals surface area (Å²) in [6.45, 7) is 2.08. The summed E-state index contributed by atoms with van der Waals surface area (Å²) in [6, 6.07) is 12.0. The highest BCUT2D eigenvalue weighted by Crippen LogP contribution is 2.41. The second-order valence-corrected chi connectivity index (χ2v) is 6.95. The van der Waals surface area contributed by atoms with Crippen LogP contribution in [0.15, 0.2) is 53.9 Å². The van der Waals surface area contributed by atoms with Crippen molar-refractivity contribution in [3.63, 3.8) is 0 Å². The zero-order valence-electron chi connectivity index (χ0n) is 12.8. The van der Waals surface area contributed by atoms with Crippen LogP contribution in [0.1, 0.15) is 42.6 Å². The van der Waals surface area contributed by atoms with Gasteiger partial charge in [0.1, 0.15) is 11.6 Å². The standard InChI is InChI=1S/C17H17N5S/c1-12(15-18-10-5-11-19-15)23-17-20-16(13-8-9-13)22(21-17)14-6-3-2-4-7-14/h2-7,10-13H,8-9H2,1H3. The van der Waals surface area contributed by atoms with Crippen LogP contribution in [-0.4, -0.2) is 24.7 Å². The average Bonchev–Trinajstić information content (AvgIpc) is 3.37. The smallest absolute Gasteiger partial charge is 0.209 e. The van der Waals surface area contributed by atoms with Gasteiger partial charge in [0.25, 0.3) is 0 Å². The monoisotopic (exact) mass is 323 g/mol. The zero-order valence-corrected chi connectivity index (χ0v) is 13.6. The molecular formula is C17H17N5S. The first kappa shape index (κ1) is 14.4. The predicted octanol–water partition coefficient (Wildman–Crippen LogP) is 3.79. The number of hydrogen-bond acceptors (Lipinski definition) is 5. The van der Waals surface area contributed by atoms with E-state index in [1.807, 2.05) is 28.9 Å². The molecule has 0 radical (unpaired) electrons. The van der Waals surface area contributed by atoms with E-state index in [9.17, 15) is 0 Å². The lowest BCUT2D eigenvalue weighted by Gasteiger charge is -2.05. The number of benzene rings is 1. The maximum atomic E-state index is 4.77. The molecule has 4 rings (SSSR count). The average molecular weight is 323 g/mol. The van der Waals surface area contributed by atoms with Crippen LogP contribution in [0.5, 0.6) is 0 Å². The normalized spacial score (nSPS) is 15.5. The zero-order chi connectivity index (χ0) is 15.6. The van der Waals surface area contributed by atoms with E-state index in [1.54, 1.807) is 24.2 Å². The van der Waals surface area contributed by atoms with Gasteiger partial charge in [0.05, 0.1) is 10.9 Å². The van der Waals surface area contributed by atoms with Crippen LogP contribution in [-0.2, 0) is 0 Å². The Morgan fingerprint density at radius 1 is 1.09 bits per heavy atom. The Morgan fingerprint density at radius 3 is 2.52 bits per heavy atom. The molecule has 5 nitrogen and oxygen atoms in total. The Bertz CT molecular complexity index is 783. The molecule has 1 aromatic carbocycles. The maximum absolute atomic E-state index is 4.77. The second-order valence-electron chi connectivity index (χ2n) is 5.64. The fraction of sp³-hybridized carbons (Fsp3) is 0.294. The molecule has 23 heavy (non-hydrogen) atoms. The summed E-state index contributed by atoms with van der Waals surface area (Å²) in [4.78, 5) is 13.4. The quantitative estimate of drug-likeness (QED) is 0.669. The molecule has 1 aliphatic carbocycles. The van der Waals surface area contributed by atoms with Crippen LogP contribution in [0.25, 0.3) is 5.69 Å². The van der Waals surface area contributed by atoms with Gasteiger partial charge in [-0.1, -0.05) is 30.0 Å². The SMILES string of the molecule is CC(Sc1nc(C2CC2)n(-c2ccccc2)n1)c1ncccn1. The van der Waals surface area contributed by atoms with Crippen molar-refractivity contribution < 1.29 is 0 Å². The largest absolute Gasteiger partial charge is 0.240 e. The third kappa shape index (κ3) is 3.12. The van der Waals surface area contributed by atoms with Crippen molar-refractivity contribution in [2.75, 3.05) is 0 Å². The molecule has 0 amide bonds. The van der Waals surface area contributed by atoms with Gasteiger partial charge >= 0.3 is 0 Å². The van der Waals surface area contributed by atoms with Crippen molar-refractivity contribution in [2.45, 2.75) is 36.1 Å². The molecule has 1 fully saturated rings. The van der Waals surface area contributed by atoms with Gasteiger partial charge in [-0.05, 0) is 38.0 Å².